The van der Waals surface area contributed by atoms with E-state index < -0.39 is 5.97 Å². The van der Waals surface area contributed by atoms with Crippen LogP contribution < -0.4 is 4.74 Å². The number of methoxy groups -OCH3 is 1. The Morgan fingerprint density at radius 1 is 1.14 bits per heavy atom. The van der Waals surface area contributed by atoms with Gasteiger partial charge in [-0.2, -0.15) is 0 Å². The monoisotopic (exact) mass is 381 g/mol. The summed E-state index contributed by atoms with van der Waals surface area (Å²) in [5.74, 6) is -0.0889. The first-order valence-electron chi connectivity index (χ1n) is 9.65. The minimum Gasteiger partial charge on any atom is -0.496 e. The predicted octanol–water partition coefficient (Wildman–Crippen LogP) is 4.20. The summed E-state index contributed by atoms with van der Waals surface area (Å²) in [6.45, 7) is 4.21. The maximum Gasteiger partial charge on any atom is 0.307 e. The SMILES string of the molecule is COc1ccc(CC(=O)O)cc1-c1ccc(C)cc1CN(C(C)=O)C1CCC1. The molecule has 1 amide bonds. The van der Waals surface area contributed by atoms with Gasteiger partial charge in [-0.15, -0.1) is 0 Å². The highest BCUT2D eigenvalue weighted by Gasteiger charge is 2.27. The van der Waals surface area contributed by atoms with Crippen LogP contribution in [0.2, 0.25) is 0 Å². The van der Waals surface area contributed by atoms with Crippen molar-refractivity contribution < 1.29 is 19.4 Å². The number of hydrogen-bond donors (Lipinski definition) is 1. The van der Waals surface area contributed by atoms with E-state index in [-0.39, 0.29) is 12.3 Å². The molecule has 0 saturated heterocycles. The van der Waals surface area contributed by atoms with Gasteiger partial charge in [0.2, 0.25) is 5.91 Å². The number of carbonyl (C=O) groups excluding carboxylic acids is 1. The second kappa shape index (κ2) is 8.46. The molecule has 28 heavy (non-hydrogen) atoms. The number of aryl methyl sites for hydroxylation is 1. The van der Waals surface area contributed by atoms with Gasteiger partial charge in [0.05, 0.1) is 13.5 Å². The number of rotatable bonds is 7. The minimum absolute atomic E-state index is 0.0418. The maximum absolute atomic E-state index is 12.2. The molecular weight excluding hydrogens is 354 g/mol. The summed E-state index contributed by atoms with van der Waals surface area (Å²) in [7, 11) is 1.61. The maximum atomic E-state index is 12.2. The van der Waals surface area contributed by atoms with Crippen molar-refractivity contribution >= 4 is 11.9 Å². The van der Waals surface area contributed by atoms with Crippen LogP contribution in [-0.4, -0.2) is 35.0 Å². The van der Waals surface area contributed by atoms with E-state index >= 15 is 0 Å². The molecule has 2 aromatic carbocycles. The van der Waals surface area contributed by atoms with Crippen molar-refractivity contribution in [3.05, 3.63) is 53.1 Å². The second-order valence-corrected chi connectivity index (χ2v) is 7.50. The van der Waals surface area contributed by atoms with Gasteiger partial charge in [-0.1, -0.05) is 29.8 Å². The molecule has 148 valence electrons. The number of nitrogens with zero attached hydrogens (tertiary/aromatic N) is 1. The Morgan fingerprint density at radius 2 is 1.89 bits per heavy atom. The third kappa shape index (κ3) is 4.35. The van der Waals surface area contributed by atoms with Crippen LogP contribution in [0.1, 0.15) is 42.9 Å². The Bertz CT molecular complexity index is 886. The topological polar surface area (TPSA) is 66.8 Å². The molecule has 0 aromatic heterocycles. The molecule has 1 aliphatic carbocycles. The Labute approximate surface area is 165 Å². The van der Waals surface area contributed by atoms with Crippen molar-refractivity contribution in [3.63, 3.8) is 0 Å². The van der Waals surface area contributed by atoms with E-state index in [1.54, 1.807) is 20.1 Å². The zero-order valence-corrected chi connectivity index (χ0v) is 16.7. The first-order chi connectivity index (χ1) is 13.4. The highest BCUT2D eigenvalue weighted by molar-refractivity contribution is 5.78. The van der Waals surface area contributed by atoms with E-state index in [9.17, 15) is 9.59 Å². The van der Waals surface area contributed by atoms with Gasteiger partial charge < -0.3 is 14.7 Å². The van der Waals surface area contributed by atoms with Gasteiger partial charge in [-0.25, -0.2) is 0 Å². The quantitative estimate of drug-likeness (QED) is 0.781. The largest absolute Gasteiger partial charge is 0.496 e. The molecule has 1 N–H and O–H groups in total. The van der Waals surface area contributed by atoms with E-state index in [4.69, 9.17) is 9.84 Å². The molecular formula is C23H27NO4. The minimum atomic E-state index is -0.868. The molecule has 1 saturated carbocycles. The molecule has 0 unspecified atom stereocenters. The number of hydrogen-bond acceptors (Lipinski definition) is 3. The van der Waals surface area contributed by atoms with Gasteiger partial charge in [0.25, 0.3) is 0 Å². The van der Waals surface area contributed by atoms with E-state index in [1.165, 1.54) is 6.42 Å². The molecule has 5 nitrogen and oxygen atoms in total. The third-order valence-electron chi connectivity index (χ3n) is 5.43. The zero-order chi connectivity index (χ0) is 20.3. The van der Waals surface area contributed by atoms with Crippen LogP contribution >= 0.6 is 0 Å². The Hall–Kier alpha value is -2.82. The van der Waals surface area contributed by atoms with Crippen molar-refractivity contribution in [2.24, 2.45) is 0 Å². The molecule has 0 bridgehead atoms. The Kier molecular flexibility index (Phi) is 6.02. The van der Waals surface area contributed by atoms with Crippen LogP contribution in [0.5, 0.6) is 5.75 Å². The van der Waals surface area contributed by atoms with Crippen LogP contribution in [0.25, 0.3) is 11.1 Å². The average Bonchev–Trinajstić information content (AvgIpc) is 2.59. The summed E-state index contributed by atoms with van der Waals surface area (Å²) >= 11 is 0. The number of ether oxygens (including phenoxy) is 1. The summed E-state index contributed by atoms with van der Waals surface area (Å²) < 4.78 is 5.55. The fraction of sp³-hybridized carbons (Fsp3) is 0.391. The molecule has 1 fully saturated rings. The van der Waals surface area contributed by atoms with Crippen molar-refractivity contribution in [1.29, 1.82) is 0 Å². The lowest BCUT2D eigenvalue weighted by Gasteiger charge is -2.37. The number of aliphatic carboxylic acids is 1. The van der Waals surface area contributed by atoms with Crippen LogP contribution in [0.15, 0.2) is 36.4 Å². The van der Waals surface area contributed by atoms with Gasteiger partial charge in [-0.3, -0.25) is 9.59 Å². The van der Waals surface area contributed by atoms with Crippen molar-refractivity contribution in [1.82, 2.24) is 4.90 Å². The first-order valence-corrected chi connectivity index (χ1v) is 9.65. The molecule has 0 radical (unpaired) electrons. The van der Waals surface area contributed by atoms with Crippen molar-refractivity contribution in [2.75, 3.05) is 7.11 Å². The van der Waals surface area contributed by atoms with Gasteiger partial charge in [0.1, 0.15) is 5.75 Å². The average molecular weight is 381 g/mol. The van der Waals surface area contributed by atoms with E-state index in [2.05, 4.69) is 6.07 Å². The summed E-state index contributed by atoms with van der Waals surface area (Å²) in [5.41, 5.74) is 4.72. The fourth-order valence-corrected chi connectivity index (χ4v) is 3.75. The van der Waals surface area contributed by atoms with Crippen LogP contribution in [0.3, 0.4) is 0 Å². The number of carboxylic acid groups (broad SMARTS) is 1. The summed E-state index contributed by atoms with van der Waals surface area (Å²) in [6, 6.07) is 11.9. The lowest BCUT2D eigenvalue weighted by atomic mass is 9.89. The number of amides is 1. The zero-order valence-electron chi connectivity index (χ0n) is 16.7. The smallest absolute Gasteiger partial charge is 0.307 e. The first kappa shape index (κ1) is 19.9. The lowest BCUT2D eigenvalue weighted by Crippen LogP contribution is -2.42. The van der Waals surface area contributed by atoms with Gasteiger partial charge >= 0.3 is 5.97 Å². The van der Waals surface area contributed by atoms with Crippen LogP contribution in [-0.2, 0) is 22.6 Å². The van der Waals surface area contributed by atoms with E-state index in [1.807, 2.05) is 36.1 Å². The normalized spacial score (nSPS) is 13.7. The number of carboxylic acids is 1. The summed E-state index contributed by atoms with van der Waals surface area (Å²) in [4.78, 5) is 25.3. The molecule has 0 aliphatic heterocycles. The molecule has 1 aliphatic rings. The van der Waals surface area contributed by atoms with Gasteiger partial charge in [0.15, 0.2) is 0 Å². The lowest BCUT2D eigenvalue weighted by molar-refractivity contribution is -0.136. The van der Waals surface area contributed by atoms with Crippen LogP contribution in [0.4, 0.5) is 0 Å². The molecule has 0 spiro atoms. The van der Waals surface area contributed by atoms with Crippen molar-refractivity contribution in [2.45, 2.75) is 52.1 Å². The van der Waals surface area contributed by atoms with Crippen molar-refractivity contribution in [3.8, 4) is 16.9 Å². The molecule has 5 heteroatoms. The Balaban J connectivity index is 2.04. The van der Waals surface area contributed by atoms with E-state index in [0.29, 0.717) is 18.3 Å². The Morgan fingerprint density at radius 3 is 2.46 bits per heavy atom. The molecule has 0 atom stereocenters. The van der Waals surface area contributed by atoms with Gasteiger partial charge in [0, 0.05) is 25.1 Å². The highest BCUT2D eigenvalue weighted by atomic mass is 16.5. The number of carbonyl (C=O) groups is 2. The van der Waals surface area contributed by atoms with Gasteiger partial charge in [-0.05, 0) is 55.0 Å². The van der Waals surface area contributed by atoms with E-state index in [0.717, 1.165) is 40.7 Å². The number of benzene rings is 2. The molecule has 0 heterocycles. The predicted molar refractivity (Wildman–Crippen MR) is 108 cm³/mol. The fourth-order valence-electron chi connectivity index (χ4n) is 3.75. The van der Waals surface area contributed by atoms with Crippen LogP contribution in [0, 0.1) is 6.92 Å². The molecule has 2 aromatic rings. The summed E-state index contributed by atoms with van der Waals surface area (Å²) in [6.07, 6.45) is 3.23. The standard InChI is InChI=1S/C23H27NO4/c1-15-7-9-20(18(11-15)14-24(16(2)25)19-5-4-6-19)21-12-17(13-23(26)27)8-10-22(21)28-3/h7-12,19H,4-6,13-14H2,1-3H3,(H,26,27). The molecule has 3 rings (SSSR count). The highest BCUT2D eigenvalue weighted by Crippen LogP contribution is 2.36. The second-order valence-electron chi connectivity index (χ2n) is 7.50. The summed E-state index contributed by atoms with van der Waals surface area (Å²) in [5, 5.41) is 9.15. The third-order valence-corrected chi connectivity index (χ3v) is 5.43.